The molecule has 7 nitrogen and oxygen atoms in total. The van der Waals surface area contributed by atoms with Crippen LogP contribution in [0.5, 0.6) is 0 Å². The highest BCUT2D eigenvalue weighted by molar-refractivity contribution is 7.18. The molecule has 1 saturated heterocycles. The molecule has 0 unspecified atom stereocenters. The van der Waals surface area contributed by atoms with E-state index < -0.39 is 0 Å². The molecule has 1 aliphatic heterocycles. The second kappa shape index (κ2) is 9.40. The summed E-state index contributed by atoms with van der Waals surface area (Å²) in [6.07, 6.45) is 0.728. The molecule has 0 bridgehead atoms. The van der Waals surface area contributed by atoms with Crippen LogP contribution < -0.4 is 4.90 Å². The van der Waals surface area contributed by atoms with Gasteiger partial charge in [0.1, 0.15) is 4.88 Å². The number of anilines is 1. The molecule has 0 spiro atoms. The molecule has 1 aliphatic rings. The summed E-state index contributed by atoms with van der Waals surface area (Å²) in [7, 11) is 0. The van der Waals surface area contributed by atoms with E-state index in [9.17, 15) is 4.79 Å². The standard InChI is InChI=1S/C22H25N3O4S/c1-15(2)12-19-23-20(29-24-19)14-28-22(26)18-13-17(16-6-4-3-5-7-16)21(30-18)25-8-10-27-11-9-25/h3-7,13,15H,8-12,14H2,1-2H3. The zero-order valence-corrected chi connectivity index (χ0v) is 18.0. The van der Waals surface area contributed by atoms with Crippen molar-refractivity contribution in [1.82, 2.24) is 10.1 Å². The quantitative estimate of drug-likeness (QED) is 0.523. The molecule has 4 rings (SSSR count). The van der Waals surface area contributed by atoms with Gasteiger partial charge >= 0.3 is 5.97 Å². The Morgan fingerprint density at radius 3 is 2.73 bits per heavy atom. The van der Waals surface area contributed by atoms with Gasteiger partial charge in [-0.25, -0.2) is 4.79 Å². The van der Waals surface area contributed by atoms with Gasteiger partial charge in [-0.1, -0.05) is 49.3 Å². The molecule has 1 aromatic carbocycles. The summed E-state index contributed by atoms with van der Waals surface area (Å²) < 4.78 is 16.1. The van der Waals surface area contributed by atoms with Crippen molar-refractivity contribution in [2.24, 2.45) is 5.92 Å². The molecule has 8 heteroatoms. The average molecular weight is 428 g/mol. The zero-order valence-electron chi connectivity index (χ0n) is 17.2. The average Bonchev–Trinajstić information content (AvgIpc) is 3.40. The highest BCUT2D eigenvalue weighted by atomic mass is 32.1. The van der Waals surface area contributed by atoms with Crippen LogP contribution in [0.3, 0.4) is 0 Å². The first kappa shape index (κ1) is 20.6. The molecule has 0 radical (unpaired) electrons. The van der Waals surface area contributed by atoms with Gasteiger partial charge in [-0.05, 0) is 17.5 Å². The second-order valence-corrected chi connectivity index (χ2v) is 8.60. The largest absolute Gasteiger partial charge is 0.451 e. The Balaban J connectivity index is 1.51. The molecule has 0 aliphatic carbocycles. The first-order valence-corrected chi connectivity index (χ1v) is 10.9. The van der Waals surface area contributed by atoms with E-state index in [1.807, 2.05) is 24.3 Å². The summed E-state index contributed by atoms with van der Waals surface area (Å²) in [6.45, 7) is 7.11. The monoisotopic (exact) mass is 427 g/mol. The second-order valence-electron chi connectivity index (χ2n) is 7.57. The van der Waals surface area contributed by atoms with Crippen LogP contribution in [0.25, 0.3) is 11.1 Å². The Hall–Kier alpha value is -2.71. The molecule has 30 heavy (non-hydrogen) atoms. The Bertz CT molecular complexity index is 977. The molecular weight excluding hydrogens is 402 g/mol. The normalized spacial score (nSPS) is 14.3. The van der Waals surface area contributed by atoms with Crippen LogP contribution in [-0.2, 0) is 22.5 Å². The zero-order chi connectivity index (χ0) is 20.9. The summed E-state index contributed by atoms with van der Waals surface area (Å²) in [6, 6.07) is 12.0. The minimum Gasteiger partial charge on any atom is -0.451 e. The van der Waals surface area contributed by atoms with E-state index in [2.05, 4.69) is 41.0 Å². The SMILES string of the molecule is CC(C)Cc1noc(COC(=O)c2cc(-c3ccccc3)c(N3CCOCC3)s2)n1. The molecule has 0 amide bonds. The van der Waals surface area contributed by atoms with Gasteiger partial charge < -0.3 is 18.9 Å². The number of hydrogen-bond acceptors (Lipinski definition) is 8. The fourth-order valence-electron chi connectivity index (χ4n) is 3.30. The first-order valence-electron chi connectivity index (χ1n) is 10.1. The molecule has 3 heterocycles. The molecule has 1 fully saturated rings. The number of thiophene rings is 1. The topological polar surface area (TPSA) is 77.7 Å². The van der Waals surface area contributed by atoms with Crippen LogP contribution in [0, 0.1) is 5.92 Å². The summed E-state index contributed by atoms with van der Waals surface area (Å²) in [4.78, 5) is 19.8. The Morgan fingerprint density at radius 2 is 2.00 bits per heavy atom. The fourth-order valence-corrected chi connectivity index (χ4v) is 4.43. The van der Waals surface area contributed by atoms with Gasteiger partial charge in [0.15, 0.2) is 12.4 Å². The van der Waals surface area contributed by atoms with Crippen molar-refractivity contribution >= 4 is 22.3 Å². The van der Waals surface area contributed by atoms with Crippen molar-refractivity contribution in [3.8, 4) is 11.1 Å². The van der Waals surface area contributed by atoms with Crippen molar-refractivity contribution in [3.63, 3.8) is 0 Å². The number of ether oxygens (including phenoxy) is 2. The van der Waals surface area contributed by atoms with E-state index in [-0.39, 0.29) is 12.6 Å². The minimum atomic E-state index is -0.389. The van der Waals surface area contributed by atoms with Crippen molar-refractivity contribution in [1.29, 1.82) is 0 Å². The molecule has 3 aromatic rings. The lowest BCUT2D eigenvalue weighted by Gasteiger charge is -2.28. The number of carbonyl (C=O) groups excluding carboxylic acids is 1. The van der Waals surface area contributed by atoms with Crippen LogP contribution in [0.1, 0.15) is 35.2 Å². The third kappa shape index (κ3) is 4.88. The van der Waals surface area contributed by atoms with Gasteiger partial charge in [0.2, 0.25) is 0 Å². The van der Waals surface area contributed by atoms with Gasteiger partial charge in [0.05, 0.1) is 18.2 Å². The molecule has 0 atom stereocenters. The predicted molar refractivity (Wildman–Crippen MR) is 115 cm³/mol. The van der Waals surface area contributed by atoms with Crippen LogP contribution in [0.15, 0.2) is 40.9 Å². The Kier molecular flexibility index (Phi) is 6.44. The highest BCUT2D eigenvalue weighted by Crippen LogP contribution is 2.39. The third-order valence-electron chi connectivity index (χ3n) is 4.72. The highest BCUT2D eigenvalue weighted by Gasteiger charge is 2.23. The van der Waals surface area contributed by atoms with E-state index in [4.69, 9.17) is 14.0 Å². The lowest BCUT2D eigenvalue weighted by molar-refractivity contribution is 0.0435. The number of benzene rings is 1. The van der Waals surface area contributed by atoms with Crippen LogP contribution >= 0.6 is 11.3 Å². The summed E-state index contributed by atoms with van der Waals surface area (Å²) in [5.41, 5.74) is 2.11. The fraction of sp³-hybridized carbons (Fsp3) is 0.409. The summed E-state index contributed by atoms with van der Waals surface area (Å²) in [5.74, 6) is 0.986. The Morgan fingerprint density at radius 1 is 1.23 bits per heavy atom. The molecule has 158 valence electrons. The maximum absolute atomic E-state index is 12.7. The van der Waals surface area contributed by atoms with E-state index >= 15 is 0 Å². The number of esters is 1. The Labute approximate surface area is 179 Å². The van der Waals surface area contributed by atoms with Gasteiger partial charge in [-0.3, -0.25) is 0 Å². The van der Waals surface area contributed by atoms with Crippen molar-refractivity contribution in [3.05, 3.63) is 53.0 Å². The maximum Gasteiger partial charge on any atom is 0.348 e. The van der Waals surface area contributed by atoms with E-state index in [1.54, 1.807) is 0 Å². The number of morpholine rings is 1. The number of nitrogens with zero attached hydrogens (tertiary/aromatic N) is 3. The number of aromatic nitrogens is 2. The third-order valence-corrected chi connectivity index (χ3v) is 5.90. The van der Waals surface area contributed by atoms with Gasteiger partial charge in [-0.2, -0.15) is 4.98 Å². The van der Waals surface area contributed by atoms with Crippen molar-refractivity contribution in [2.45, 2.75) is 26.9 Å². The maximum atomic E-state index is 12.7. The van der Waals surface area contributed by atoms with Gasteiger partial charge in [0.25, 0.3) is 5.89 Å². The smallest absolute Gasteiger partial charge is 0.348 e. The predicted octanol–water partition coefficient (Wildman–Crippen LogP) is 4.19. The summed E-state index contributed by atoms with van der Waals surface area (Å²) >= 11 is 1.45. The molecule has 0 N–H and O–H groups in total. The molecular formula is C22H25N3O4S. The van der Waals surface area contributed by atoms with E-state index in [0.29, 0.717) is 35.7 Å². The lowest BCUT2D eigenvalue weighted by Crippen LogP contribution is -2.35. The van der Waals surface area contributed by atoms with Crippen molar-refractivity contribution in [2.75, 3.05) is 31.2 Å². The minimum absolute atomic E-state index is 0.0324. The first-order chi connectivity index (χ1) is 14.6. The lowest BCUT2D eigenvalue weighted by atomic mass is 10.1. The number of carbonyl (C=O) groups is 1. The van der Waals surface area contributed by atoms with Crippen LogP contribution in [-0.4, -0.2) is 42.4 Å². The van der Waals surface area contributed by atoms with Crippen LogP contribution in [0.2, 0.25) is 0 Å². The van der Waals surface area contributed by atoms with E-state index in [1.165, 1.54) is 11.3 Å². The molecule has 0 saturated carbocycles. The molecule has 2 aromatic heterocycles. The van der Waals surface area contributed by atoms with Gasteiger partial charge in [0, 0.05) is 25.1 Å². The number of hydrogen-bond donors (Lipinski definition) is 0. The van der Waals surface area contributed by atoms with Crippen LogP contribution in [0.4, 0.5) is 5.00 Å². The van der Waals surface area contributed by atoms with Gasteiger partial charge in [-0.15, -0.1) is 11.3 Å². The number of rotatable bonds is 7. The summed E-state index contributed by atoms with van der Waals surface area (Å²) in [5, 5.41) is 5.00. The van der Waals surface area contributed by atoms with E-state index in [0.717, 1.165) is 35.6 Å². The van der Waals surface area contributed by atoms with Crippen molar-refractivity contribution < 1.29 is 18.8 Å².